The molecule has 1 aromatic heterocycles. The van der Waals surface area contributed by atoms with E-state index in [4.69, 9.17) is 0 Å². The third-order valence-electron chi connectivity index (χ3n) is 2.84. The lowest BCUT2D eigenvalue weighted by atomic mass is 10.1. The molecular weight excluding hydrogens is 184 g/mol. The fraction of sp³-hybridized carbons (Fsp3) is 0.385. The fourth-order valence-corrected chi connectivity index (χ4v) is 1.95. The molecule has 1 N–H and O–H groups in total. The van der Waals surface area contributed by atoms with Crippen LogP contribution in [0.5, 0.6) is 0 Å². The minimum Gasteiger partial charge on any atom is -0.348 e. The molecule has 0 fully saturated rings. The van der Waals surface area contributed by atoms with Gasteiger partial charge in [-0.05, 0) is 56.1 Å². The van der Waals surface area contributed by atoms with E-state index in [9.17, 15) is 0 Å². The number of aromatic nitrogens is 1. The molecule has 0 aliphatic heterocycles. The molecule has 0 aliphatic carbocycles. The van der Waals surface area contributed by atoms with Gasteiger partial charge in [0.15, 0.2) is 0 Å². The van der Waals surface area contributed by atoms with E-state index in [1.165, 1.54) is 16.5 Å². The van der Waals surface area contributed by atoms with Gasteiger partial charge in [0.25, 0.3) is 0 Å². The second kappa shape index (κ2) is 4.49. The van der Waals surface area contributed by atoms with Crippen molar-refractivity contribution in [1.82, 2.24) is 9.88 Å². The number of nitrogens with one attached hydrogen (secondary N) is 1. The molecule has 80 valence electrons. The number of fused-ring (bicyclic) bond motifs is 1. The van der Waals surface area contributed by atoms with Crippen LogP contribution in [-0.4, -0.2) is 18.2 Å². The molecule has 0 unspecified atom stereocenters. The van der Waals surface area contributed by atoms with Gasteiger partial charge in [-0.25, -0.2) is 0 Å². The quantitative estimate of drug-likeness (QED) is 0.805. The predicted octanol–water partition coefficient (Wildman–Crippen LogP) is 2.42. The van der Waals surface area contributed by atoms with E-state index in [1.807, 2.05) is 7.05 Å². The van der Waals surface area contributed by atoms with Crippen LogP contribution in [0.2, 0.25) is 0 Å². The lowest BCUT2D eigenvalue weighted by molar-refractivity contribution is 0.790. The molecule has 0 saturated carbocycles. The topological polar surface area (TPSA) is 17.0 Å². The molecule has 2 rings (SSSR count). The standard InChI is InChI=1S/C13H18N2/c1-3-15-9-7-12-10-11(6-8-14-2)4-5-13(12)15/h4-5,7,9-10,14H,3,6,8H2,1-2H3. The summed E-state index contributed by atoms with van der Waals surface area (Å²) in [6.07, 6.45) is 3.26. The van der Waals surface area contributed by atoms with Crippen LogP contribution in [0.4, 0.5) is 0 Å². The Bertz CT molecular complexity index is 443. The maximum atomic E-state index is 3.18. The maximum Gasteiger partial charge on any atom is 0.0480 e. The van der Waals surface area contributed by atoms with Crippen LogP contribution in [0, 0.1) is 0 Å². The summed E-state index contributed by atoms with van der Waals surface area (Å²) in [5, 5.41) is 4.53. The number of rotatable bonds is 4. The highest BCUT2D eigenvalue weighted by molar-refractivity contribution is 5.80. The van der Waals surface area contributed by atoms with Gasteiger partial charge in [0.2, 0.25) is 0 Å². The number of benzene rings is 1. The van der Waals surface area contributed by atoms with Gasteiger partial charge in [-0.15, -0.1) is 0 Å². The predicted molar refractivity (Wildman–Crippen MR) is 65.2 cm³/mol. The summed E-state index contributed by atoms with van der Waals surface area (Å²) in [4.78, 5) is 0. The molecule has 0 amide bonds. The fourth-order valence-electron chi connectivity index (χ4n) is 1.95. The van der Waals surface area contributed by atoms with Crippen LogP contribution in [0.25, 0.3) is 10.9 Å². The number of hydrogen-bond donors (Lipinski definition) is 1. The zero-order chi connectivity index (χ0) is 10.7. The van der Waals surface area contributed by atoms with E-state index in [1.54, 1.807) is 0 Å². The first kappa shape index (κ1) is 10.2. The van der Waals surface area contributed by atoms with Crippen LogP contribution in [-0.2, 0) is 13.0 Å². The van der Waals surface area contributed by atoms with Crippen molar-refractivity contribution in [1.29, 1.82) is 0 Å². The molecule has 15 heavy (non-hydrogen) atoms. The normalized spacial score (nSPS) is 11.1. The van der Waals surface area contributed by atoms with E-state index < -0.39 is 0 Å². The van der Waals surface area contributed by atoms with Gasteiger partial charge in [0.05, 0.1) is 0 Å². The Balaban J connectivity index is 2.31. The van der Waals surface area contributed by atoms with Gasteiger partial charge in [0, 0.05) is 18.3 Å². The van der Waals surface area contributed by atoms with Crippen LogP contribution in [0.15, 0.2) is 30.5 Å². The van der Waals surface area contributed by atoms with Crippen molar-refractivity contribution in [3.8, 4) is 0 Å². The van der Waals surface area contributed by atoms with Crippen molar-refractivity contribution >= 4 is 10.9 Å². The Morgan fingerprint density at radius 2 is 2.13 bits per heavy atom. The summed E-state index contributed by atoms with van der Waals surface area (Å²) >= 11 is 0. The van der Waals surface area contributed by atoms with Crippen LogP contribution < -0.4 is 5.32 Å². The first-order valence-corrected chi connectivity index (χ1v) is 5.57. The van der Waals surface area contributed by atoms with E-state index >= 15 is 0 Å². The second-order valence-electron chi connectivity index (χ2n) is 3.85. The highest BCUT2D eigenvalue weighted by atomic mass is 14.9. The minimum atomic E-state index is 1.04. The van der Waals surface area contributed by atoms with Crippen molar-refractivity contribution in [2.45, 2.75) is 19.9 Å². The summed E-state index contributed by atoms with van der Waals surface area (Å²) in [6, 6.07) is 8.94. The minimum absolute atomic E-state index is 1.04. The van der Waals surface area contributed by atoms with Gasteiger partial charge < -0.3 is 9.88 Å². The Morgan fingerprint density at radius 1 is 1.27 bits per heavy atom. The molecule has 0 bridgehead atoms. The summed E-state index contributed by atoms with van der Waals surface area (Å²) in [7, 11) is 1.99. The Labute approximate surface area is 90.9 Å². The zero-order valence-corrected chi connectivity index (χ0v) is 9.46. The lowest BCUT2D eigenvalue weighted by Crippen LogP contribution is -2.10. The summed E-state index contributed by atoms with van der Waals surface area (Å²) < 4.78 is 2.27. The van der Waals surface area contributed by atoms with Gasteiger partial charge in [-0.2, -0.15) is 0 Å². The molecule has 1 heterocycles. The number of likely N-dealkylation sites (N-methyl/N-ethyl adjacent to an activating group) is 1. The Hall–Kier alpha value is -1.28. The van der Waals surface area contributed by atoms with Crippen molar-refractivity contribution in [2.75, 3.05) is 13.6 Å². The summed E-state index contributed by atoms with van der Waals surface area (Å²) in [5.74, 6) is 0. The van der Waals surface area contributed by atoms with Crippen molar-refractivity contribution in [3.63, 3.8) is 0 Å². The Morgan fingerprint density at radius 3 is 2.87 bits per heavy atom. The third kappa shape index (κ3) is 2.05. The molecule has 0 atom stereocenters. The van der Waals surface area contributed by atoms with E-state index in [0.717, 1.165) is 19.5 Å². The number of hydrogen-bond acceptors (Lipinski definition) is 1. The average molecular weight is 202 g/mol. The number of aryl methyl sites for hydroxylation is 1. The summed E-state index contributed by atoms with van der Waals surface area (Å²) in [5.41, 5.74) is 2.75. The molecule has 0 aliphatic rings. The molecule has 2 aromatic rings. The van der Waals surface area contributed by atoms with Crippen molar-refractivity contribution in [2.24, 2.45) is 0 Å². The lowest BCUT2D eigenvalue weighted by Gasteiger charge is -2.03. The second-order valence-corrected chi connectivity index (χ2v) is 3.85. The van der Waals surface area contributed by atoms with Crippen molar-refractivity contribution < 1.29 is 0 Å². The molecule has 0 saturated heterocycles. The molecule has 2 nitrogen and oxygen atoms in total. The molecular formula is C13H18N2. The van der Waals surface area contributed by atoms with Gasteiger partial charge >= 0.3 is 0 Å². The van der Waals surface area contributed by atoms with Crippen LogP contribution >= 0.6 is 0 Å². The largest absolute Gasteiger partial charge is 0.348 e. The number of nitrogens with zero attached hydrogens (tertiary/aromatic N) is 1. The molecule has 0 spiro atoms. The first-order valence-electron chi connectivity index (χ1n) is 5.57. The van der Waals surface area contributed by atoms with Gasteiger partial charge in [0.1, 0.15) is 0 Å². The third-order valence-corrected chi connectivity index (χ3v) is 2.84. The monoisotopic (exact) mass is 202 g/mol. The van der Waals surface area contributed by atoms with Gasteiger partial charge in [-0.1, -0.05) is 6.07 Å². The first-order chi connectivity index (χ1) is 7.35. The molecule has 0 radical (unpaired) electrons. The van der Waals surface area contributed by atoms with Gasteiger partial charge in [-0.3, -0.25) is 0 Å². The molecule has 1 aromatic carbocycles. The molecule has 2 heteroatoms. The Kier molecular flexibility index (Phi) is 3.07. The zero-order valence-electron chi connectivity index (χ0n) is 9.46. The van der Waals surface area contributed by atoms with E-state index in [0.29, 0.717) is 0 Å². The van der Waals surface area contributed by atoms with E-state index in [-0.39, 0.29) is 0 Å². The SMILES string of the molecule is CCn1ccc2cc(CCNC)ccc21. The van der Waals surface area contributed by atoms with E-state index in [2.05, 4.69) is 47.3 Å². The highest BCUT2D eigenvalue weighted by Gasteiger charge is 2.00. The average Bonchev–Trinajstić information content (AvgIpc) is 2.68. The highest BCUT2D eigenvalue weighted by Crippen LogP contribution is 2.17. The van der Waals surface area contributed by atoms with Crippen LogP contribution in [0.3, 0.4) is 0 Å². The summed E-state index contributed by atoms with van der Waals surface area (Å²) in [6.45, 7) is 4.26. The van der Waals surface area contributed by atoms with Crippen LogP contribution in [0.1, 0.15) is 12.5 Å². The smallest absolute Gasteiger partial charge is 0.0480 e. The van der Waals surface area contributed by atoms with Crippen molar-refractivity contribution in [3.05, 3.63) is 36.0 Å². The maximum absolute atomic E-state index is 3.18.